The van der Waals surface area contributed by atoms with Crippen molar-refractivity contribution in [2.45, 2.75) is 13.5 Å². The molecule has 0 radical (unpaired) electrons. The number of anilines is 1. The summed E-state index contributed by atoms with van der Waals surface area (Å²) in [6.07, 6.45) is 0. The third kappa shape index (κ3) is 4.93. The number of para-hydroxylation sites is 1. The van der Waals surface area contributed by atoms with Gasteiger partial charge in [0.25, 0.3) is 0 Å². The average Bonchev–Trinajstić information content (AvgIpc) is 3.06. The topological polar surface area (TPSA) is 81.4 Å². The number of benzene rings is 1. The third-order valence-electron chi connectivity index (χ3n) is 3.30. The van der Waals surface area contributed by atoms with Gasteiger partial charge in [-0.2, -0.15) is 9.97 Å². The van der Waals surface area contributed by atoms with Gasteiger partial charge in [0.2, 0.25) is 17.7 Å². The van der Waals surface area contributed by atoms with Crippen molar-refractivity contribution in [1.82, 2.24) is 15.3 Å². The van der Waals surface area contributed by atoms with Gasteiger partial charge in [0.15, 0.2) is 5.11 Å². The second-order valence-electron chi connectivity index (χ2n) is 5.31. The van der Waals surface area contributed by atoms with Gasteiger partial charge < -0.3 is 24.5 Å². The van der Waals surface area contributed by atoms with Crippen molar-refractivity contribution in [2.24, 2.45) is 0 Å². The first-order valence-corrected chi connectivity index (χ1v) is 8.29. The Morgan fingerprint density at radius 2 is 1.88 bits per heavy atom. The van der Waals surface area contributed by atoms with Crippen LogP contribution in [0.1, 0.15) is 11.5 Å². The fourth-order valence-corrected chi connectivity index (χ4v) is 2.28. The highest BCUT2D eigenvalue weighted by Gasteiger charge is 2.09. The molecule has 0 saturated carbocycles. The summed E-state index contributed by atoms with van der Waals surface area (Å²) in [7, 11) is 1.52. The van der Waals surface area contributed by atoms with Gasteiger partial charge in [-0.05, 0) is 43.4 Å². The van der Waals surface area contributed by atoms with E-state index in [9.17, 15) is 0 Å². The maximum Gasteiger partial charge on any atom is 0.235 e. The molecule has 0 aliphatic rings. The maximum atomic E-state index is 5.73. The Bertz CT molecular complexity index is 883. The van der Waals surface area contributed by atoms with Gasteiger partial charge in [-0.3, -0.25) is 0 Å². The van der Waals surface area contributed by atoms with Crippen molar-refractivity contribution in [3.8, 4) is 17.5 Å². The normalized spacial score (nSPS) is 10.2. The number of aromatic nitrogens is 2. The van der Waals surface area contributed by atoms with Crippen molar-refractivity contribution >= 4 is 23.3 Å². The Balaban J connectivity index is 1.66. The largest absolute Gasteiger partial charge is 0.481 e. The Morgan fingerprint density at radius 1 is 1.12 bits per heavy atom. The van der Waals surface area contributed by atoms with E-state index in [1.807, 2.05) is 49.4 Å². The van der Waals surface area contributed by atoms with Gasteiger partial charge in [-0.15, -0.1) is 0 Å². The SMILES string of the molecule is COc1cc(Oc2ccccc2)nc(NC(=S)NCc2ccc(C)o2)n1. The lowest BCUT2D eigenvalue weighted by atomic mass is 10.3. The van der Waals surface area contributed by atoms with Crippen molar-refractivity contribution in [1.29, 1.82) is 0 Å². The minimum Gasteiger partial charge on any atom is -0.481 e. The van der Waals surface area contributed by atoms with Crippen LogP contribution >= 0.6 is 12.2 Å². The van der Waals surface area contributed by atoms with Crippen LogP contribution in [0.3, 0.4) is 0 Å². The molecule has 0 bridgehead atoms. The monoisotopic (exact) mass is 370 g/mol. The molecule has 3 rings (SSSR count). The number of hydrogen-bond acceptors (Lipinski definition) is 6. The average molecular weight is 370 g/mol. The molecule has 0 amide bonds. The van der Waals surface area contributed by atoms with Gasteiger partial charge in [0.1, 0.15) is 17.3 Å². The van der Waals surface area contributed by atoms with Gasteiger partial charge in [-0.25, -0.2) is 0 Å². The van der Waals surface area contributed by atoms with E-state index in [1.54, 1.807) is 6.07 Å². The minimum atomic E-state index is 0.267. The Kier molecular flexibility index (Phi) is 5.65. The Hall–Kier alpha value is -3.13. The molecular formula is C18H18N4O3S. The number of aryl methyl sites for hydroxylation is 1. The summed E-state index contributed by atoms with van der Waals surface area (Å²) in [5.41, 5.74) is 0. The van der Waals surface area contributed by atoms with Crippen LogP contribution in [0.5, 0.6) is 17.5 Å². The number of rotatable bonds is 6. The fraction of sp³-hybridized carbons (Fsp3) is 0.167. The van der Waals surface area contributed by atoms with Crippen molar-refractivity contribution in [2.75, 3.05) is 12.4 Å². The lowest BCUT2D eigenvalue weighted by molar-refractivity contribution is 0.389. The molecule has 2 N–H and O–H groups in total. The summed E-state index contributed by atoms with van der Waals surface area (Å²) >= 11 is 5.27. The summed E-state index contributed by atoms with van der Waals surface area (Å²) in [4.78, 5) is 8.52. The summed E-state index contributed by atoms with van der Waals surface area (Å²) in [6.45, 7) is 2.34. The standard InChI is InChI=1S/C18H18N4O3S/c1-12-8-9-14(24-12)11-19-18(26)22-17-20-15(23-2)10-16(21-17)25-13-6-4-3-5-7-13/h3-10H,11H2,1-2H3,(H2,19,20,21,22,26). The van der Waals surface area contributed by atoms with E-state index in [0.717, 1.165) is 11.5 Å². The van der Waals surface area contributed by atoms with Gasteiger partial charge in [-0.1, -0.05) is 18.2 Å². The van der Waals surface area contributed by atoms with E-state index < -0.39 is 0 Å². The molecule has 0 atom stereocenters. The summed E-state index contributed by atoms with van der Waals surface area (Å²) in [6, 6.07) is 14.7. The molecule has 7 nitrogen and oxygen atoms in total. The van der Waals surface area contributed by atoms with Crippen LogP contribution in [-0.4, -0.2) is 22.2 Å². The number of furan rings is 1. The van der Waals surface area contributed by atoms with Crippen LogP contribution in [0.15, 0.2) is 52.9 Å². The van der Waals surface area contributed by atoms with Crippen molar-refractivity contribution < 1.29 is 13.9 Å². The zero-order valence-corrected chi connectivity index (χ0v) is 15.2. The lowest BCUT2D eigenvalue weighted by Crippen LogP contribution is -2.28. The van der Waals surface area contributed by atoms with Crippen LogP contribution < -0.4 is 20.1 Å². The van der Waals surface area contributed by atoms with E-state index >= 15 is 0 Å². The van der Waals surface area contributed by atoms with Gasteiger partial charge >= 0.3 is 0 Å². The highest BCUT2D eigenvalue weighted by molar-refractivity contribution is 7.80. The third-order valence-corrected chi connectivity index (χ3v) is 3.54. The van der Waals surface area contributed by atoms with E-state index in [-0.39, 0.29) is 5.95 Å². The summed E-state index contributed by atoms with van der Waals surface area (Å²) < 4.78 is 16.4. The zero-order valence-electron chi connectivity index (χ0n) is 14.4. The molecule has 2 aromatic heterocycles. The van der Waals surface area contributed by atoms with Crippen molar-refractivity contribution in [3.63, 3.8) is 0 Å². The van der Waals surface area contributed by atoms with E-state index in [0.29, 0.717) is 29.2 Å². The molecule has 1 aromatic carbocycles. The first kappa shape index (κ1) is 17.7. The van der Waals surface area contributed by atoms with E-state index in [4.69, 9.17) is 26.1 Å². The highest BCUT2D eigenvalue weighted by atomic mass is 32.1. The van der Waals surface area contributed by atoms with Crippen LogP contribution in [0.4, 0.5) is 5.95 Å². The molecule has 2 heterocycles. The molecule has 0 spiro atoms. The summed E-state index contributed by atoms with van der Waals surface area (Å²) in [5, 5.41) is 6.31. The molecule has 26 heavy (non-hydrogen) atoms. The van der Waals surface area contributed by atoms with Crippen LogP contribution in [0.25, 0.3) is 0 Å². The molecule has 0 saturated heterocycles. The Labute approximate surface area is 156 Å². The molecule has 8 heteroatoms. The van der Waals surface area contributed by atoms with E-state index in [1.165, 1.54) is 7.11 Å². The van der Waals surface area contributed by atoms with Crippen LogP contribution in [-0.2, 0) is 6.54 Å². The van der Waals surface area contributed by atoms with Crippen molar-refractivity contribution in [3.05, 3.63) is 60.1 Å². The second kappa shape index (κ2) is 8.30. The first-order chi connectivity index (χ1) is 12.6. The molecule has 0 unspecified atom stereocenters. The zero-order chi connectivity index (χ0) is 18.4. The number of hydrogen-bond donors (Lipinski definition) is 2. The lowest BCUT2D eigenvalue weighted by Gasteiger charge is -2.11. The van der Waals surface area contributed by atoms with E-state index in [2.05, 4.69) is 20.6 Å². The van der Waals surface area contributed by atoms with Crippen LogP contribution in [0.2, 0.25) is 0 Å². The molecule has 0 fully saturated rings. The molecule has 0 aliphatic heterocycles. The number of ether oxygens (including phenoxy) is 2. The van der Waals surface area contributed by atoms with Gasteiger partial charge in [0, 0.05) is 0 Å². The molecular weight excluding hydrogens is 352 g/mol. The second-order valence-corrected chi connectivity index (χ2v) is 5.72. The predicted molar refractivity (Wildman–Crippen MR) is 102 cm³/mol. The predicted octanol–water partition coefficient (Wildman–Crippen LogP) is 3.67. The number of nitrogens with one attached hydrogen (secondary N) is 2. The summed E-state index contributed by atoms with van der Waals surface area (Å²) in [5.74, 6) is 3.26. The fourth-order valence-electron chi connectivity index (χ4n) is 2.12. The number of nitrogens with zero attached hydrogens (tertiary/aromatic N) is 2. The molecule has 0 aliphatic carbocycles. The van der Waals surface area contributed by atoms with Gasteiger partial charge in [0.05, 0.1) is 19.7 Å². The highest BCUT2D eigenvalue weighted by Crippen LogP contribution is 2.23. The van der Waals surface area contributed by atoms with Crippen LogP contribution in [0, 0.1) is 6.92 Å². The number of thiocarbonyl (C=S) groups is 1. The molecule has 3 aromatic rings. The molecule has 134 valence electrons. The quantitative estimate of drug-likeness (QED) is 0.636. The smallest absolute Gasteiger partial charge is 0.235 e. The number of methoxy groups -OCH3 is 1. The minimum absolute atomic E-state index is 0.267. The first-order valence-electron chi connectivity index (χ1n) is 7.88. The Morgan fingerprint density at radius 3 is 2.58 bits per heavy atom. The maximum absolute atomic E-state index is 5.73.